The Labute approximate surface area is 162 Å². The summed E-state index contributed by atoms with van der Waals surface area (Å²) < 4.78 is 0. The number of fused-ring (bicyclic) bond motifs is 1. The zero-order chi connectivity index (χ0) is 20.0. The molecule has 1 aliphatic rings. The summed E-state index contributed by atoms with van der Waals surface area (Å²) in [6.07, 6.45) is 2.25. The molecular formula is C24H29NO2. The summed E-state index contributed by atoms with van der Waals surface area (Å²) in [6.45, 7) is 12.7. The van der Waals surface area contributed by atoms with Crippen LogP contribution in [0.15, 0.2) is 42.1 Å². The topological polar surface area (TPSA) is 49.3 Å². The molecular weight excluding hydrogens is 334 g/mol. The van der Waals surface area contributed by atoms with E-state index in [2.05, 4.69) is 52.9 Å². The van der Waals surface area contributed by atoms with Crippen molar-refractivity contribution in [1.29, 1.82) is 0 Å². The van der Waals surface area contributed by atoms with Crippen molar-refractivity contribution in [2.75, 3.05) is 5.32 Å². The second-order valence-corrected chi connectivity index (χ2v) is 9.40. The number of hydrogen-bond acceptors (Lipinski definition) is 3. The zero-order valence-corrected chi connectivity index (χ0v) is 17.1. The number of benzene rings is 2. The molecule has 2 N–H and O–H groups in total. The fourth-order valence-corrected chi connectivity index (χ4v) is 3.33. The third-order valence-electron chi connectivity index (χ3n) is 5.06. The summed E-state index contributed by atoms with van der Waals surface area (Å²) in [7, 11) is 0. The van der Waals surface area contributed by atoms with Crippen LogP contribution >= 0.6 is 0 Å². The van der Waals surface area contributed by atoms with Gasteiger partial charge >= 0.3 is 0 Å². The summed E-state index contributed by atoms with van der Waals surface area (Å²) in [5, 5.41) is 14.2. The highest BCUT2D eigenvalue weighted by molar-refractivity contribution is 6.06. The van der Waals surface area contributed by atoms with E-state index < -0.39 is 0 Å². The average Bonchev–Trinajstić information content (AvgIpc) is 2.55. The van der Waals surface area contributed by atoms with E-state index in [1.165, 1.54) is 0 Å². The number of carbonyl (C=O) groups excluding carboxylic acids is 1. The fourth-order valence-electron chi connectivity index (χ4n) is 3.33. The first-order valence-electron chi connectivity index (χ1n) is 9.44. The van der Waals surface area contributed by atoms with Gasteiger partial charge < -0.3 is 10.4 Å². The van der Waals surface area contributed by atoms with Crippen molar-refractivity contribution in [1.82, 2.24) is 0 Å². The zero-order valence-electron chi connectivity index (χ0n) is 17.1. The Morgan fingerprint density at radius 3 is 2.26 bits per heavy atom. The van der Waals surface area contributed by atoms with Crippen LogP contribution in [0.5, 0.6) is 5.75 Å². The molecule has 3 heteroatoms. The van der Waals surface area contributed by atoms with Crippen molar-refractivity contribution >= 4 is 17.5 Å². The second-order valence-electron chi connectivity index (χ2n) is 9.40. The third kappa shape index (κ3) is 3.92. The molecule has 2 aromatic carbocycles. The monoisotopic (exact) mass is 363 g/mol. The maximum atomic E-state index is 12.6. The van der Waals surface area contributed by atoms with Crippen LogP contribution in [0.2, 0.25) is 0 Å². The van der Waals surface area contributed by atoms with Crippen molar-refractivity contribution in [2.45, 2.75) is 58.8 Å². The lowest BCUT2D eigenvalue weighted by atomic mass is 9.79. The Bertz CT molecular complexity index is 924. The molecule has 0 aromatic heterocycles. The molecule has 0 radical (unpaired) electrons. The number of hydrogen-bond donors (Lipinski definition) is 2. The molecule has 0 unspecified atom stereocenters. The van der Waals surface area contributed by atoms with Crippen LogP contribution in [0.25, 0.3) is 6.08 Å². The molecule has 27 heavy (non-hydrogen) atoms. The molecule has 2 aromatic rings. The van der Waals surface area contributed by atoms with E-state index in [1.54, 1.807) is 0 Å². The minimum absolute atomic E-state index is 0.0339. The van der Waals surface area contributed by atoms with Crippen LogP contribution < -0.4 is 5.32 Å². The average molecular weight is 364 g/mol. The Morgan fingerprint density at radius 2 is 1.63 bits per heavy atom. The lowest BCUT2D eigenvalue weighted by Gasteiger charge is -2.28. The van der Waals surface area contributed by atoms with Gasteiger partial charge in [0.2, 0.25) is 0 Å². The molecule has 0 saturated heterocycles. The predicted octanol–water partition coefficient (Wildman–Crippen LogP) is 5.57. The summed E-state index contributed by atoms with van der Waals surface area (Å²) >= 11 is 0. The van der Waals surface area contributed by atoms with E-state index in [-0.39, 0.29) is 22.4 Å². The van der Waals surface area contributed by atoms with Gasteiger partial charge in [0.15, 0.2) is 5.78 Å². The number of allylic oxidation sites excluding steroid dienone is 1. The van der Waals surface area contributed by atoms with E-state index in [0.717, 1.165) is 22.3 Å². The summed E-state index contributed by atoms with van der Waals surface area (Å²) in [5.74, 6) is 0.245. The lowest BCUT2D eigenvalue weighted by molar-refractivity contribution is -0.114. The van der Waals surface area contributed by atoms with Gasteiger partial charge in [-0.15, -0.1) is 0 Å². The van der Waals surface area contributed by atoms with Gasteiger partial charge in [-0.25, -0.2) is 0 Å². The number of anilines is 1. The van der Waals surface area contributed by atoms with E-state index in [9.17, 15) is 9.90 Å². The van der Waals surface area contributed by atoms with Gasteiger partial charge in [0.25, 0.3) is 0 Å². The molecule has 1 aliphatic carbocycles. The van der Waals surface area contributed by atoms with E-state index in [4.69, 9.17) is 0 Å². The number of phenolic OH excluding ortho intramolecular Hbond substituents is 1. The Balaban J connectivity index is 2.09. The number of ketones is 1. The summed E-state index contributed by atoms with van der Waals surface area (Å²) in [5.41, 5.74) is 4.92. The molecule has 0 spiro atoms. The van der Waals surface area contributed by atoms with Gasteiger partial charge in [0.05, 0.1) is 11.4 Å². The van der Waals surface area contributed by atoms with Gasteiger partial charge in [-0.1, -0.05) is 71.9 Å². The van der Waals surface area contributed by atoms with Crippen molar-refractivity contribution in [3.63, 3.8) is 0 Å². The predicted molar refractivity (Wildman–Crippen MR) is 112 cm³/mol. The highest BCUT2D eigenvalue weighted by Gasteiger charge is 2.26. The van der Waals surface area contributed by atoms with Gasteiger partial charge in [-0.05, 0) is 39.7 Å². The van der Waals surface area contributed by atoms with Crippen molar-refractivity contribution in [3.05, 3.63) is 64.3 Å². The minimum atomic E-state index is -0.209. The fraction of sp³-hybridized carbons (Fsp3) is 0.375. The highest BCUT2D eigenvalue weighted by atomic mass is 16.3. The lowest BCUT2D eigenvalue weighted by Crippen LogP contribution is -2.20. The van der Waals surface area contributed by atoms with E-state index >= 15 is 0 Å². The van der Waals surface area contributed by atoms with Crippen molar-refractivity contribution in [3.8, 4) is 5.75 Å². The number of Topliss-reactive ketones (excluding diaryl/α,β-unsaturated/α-hetero) is 1. The smallest absolute Gasteiger partial charge is 0.183 e. The SMILES string of the molecule is CC(C)(C)c1cc(NC2=Cc3ccccc3CC2=O)c(O)c(C(C)(C)C)c1. The molecule has 3 rings (SSSR count). The first-order valence-corrected chi connectivity index (χ1v) is 9.44. The molecule has 0 fully saturated rings. The number of carbonyl (C=O) groups is 1. The molecule has 0 aliphatic heterocycles. The normalized spacial score (nSPS) is 14.6. The number of nitrogens with one attached hydrogen (secondary N) is 1. The highest BCUT2D eigenvalue weighted by Crippen LogP contribution is 2.41. The molecule has 3 nitrogen and oxygen atoms in total. The molecule has 142 valence electrons. The van der Waals surface area contributed by atoms with Crippen LogP contribution in [0.4, 0.5) is 5.69 Å². The Hall–Kier alpha value is -2.55. The molecule has 0 atom stereocenters. The van der Waals surface area contributed by atoms with Gasteiger partial charge in [-0.2, -0.15) is 0 Å². The standard InChI is InChI=1S/C24H29NO2/c1-23(2,3)17-13-18(24(4,5)6)22(27)20(14-17)25-19-11-15-9-7-8-10-16(15)12-21(19)26/h7-11,13-14,25,27H,12H2,1-6H3. The molecule has 0 saturated carbocycles. The summed E-state index contributed by atoms with van der Waals surface area (Å²) in [6, 6.07) is 11.9. The Kier molecular flexibility index (Phi) is 4.67. The first-order chi connectivity index (χ1) is 12.5. The van der Waals surface area contributed by atoms with Crippen LogP contribution in [0, 0.1) is 0 Å². The maximum Gasteiger partial charge on any atom is 0.183 e. The maximum absolute atomic E-state index is 12.6. The van der Waals surface area contributed by atoms with Crippen LogP contribution in [-0.2, 0) is 22.0 Å². The minimum Gasteiger partial charge on any atom is -0.505 e. The quantitative estimate of drug-likeness (QED) is 0.686. The largest absolute Gasteiger partial charge is 0.505 e. The molecule has 0 heterocycles. The van der Waals surface area contributed by atoms with E-state index in [1.807, 2.05) is 36.4 Å². The van der Waals surface area contributed by atoms with Crippen LogP contribution in [0.3, 0.4) is 0 Å². The number of rotatable bonds is 2. The number of aromatic hydroxyl groups is 1. The summed E-state index contributed by atoms with van der Waals surface area (Å²) in [4.78, 5) is 12.6. The third-order valence-corrected chi connectivity index (χ3v) is 5.06. The molecule has 0 amide bonds. The van der Waals surface area contributed by atoms with Gasteiger partial charge in [0, 0.05) is 12.0 Å². The van der Waals surface area contributed by atoms with Crippen LogP contribution in [0.1, 0.15) is 63.8 Å². The number of phenols is 1. The van der Waals surface area contributed by atoms with Crippen molar-refractivity contribution in [2.24, 2.45) is 0 Å². The Morgan fingerprint density at radius 1 is 0.963 bits per heavy atom. The van der Waals surface area contributed by atoms with Gasteiger partial charge in [-0.3, -0.25) is 4.79 Å². The van der Waals surface area contributed by atoms with Crippen molar-refractivity contribution < 1.29 is 9.90 Å². The first kappa shape index (κ1) is 19.2. The van der Waals surface area contributed by atoms with Crippen LogP contribution in [-0.4, -0.2) is 10.9 Å². The second kappa shape index (κ2) is 6.56. The van der Waals surface area contributed by atoms with Gasteiger partial charge in [0.1, 0.15) is 5.75 Å². The molecule has 0 bridgehead atoms. The van der Waals surface area contributed by atoms with E-state index in [0.29, 0.717) is 17.8 Å².